The normalized spacial score (nSPS) is 15.7. The van der Waals surface area contributed by atoms with Gasteiger partial charge in [-0.2, -0.15) is 26.9 Å². The summed E-state index contributed by atoms with van der Waals surface area (Å²) in [7, 11) is 0. The first-order chi connectivity index (χ1) is 8.71. The van der Waals surface area contributed by atoms with Crippen LogP contribution in [0.15, 0.2) is 4.52 Å². The summed E-state index contributed by atoms with van der Waals surface area (Å²) >= 11 is 0. The number of hydrogen-bond donors (Lipinski definition) is 2. The highest BCUT2D eigenvalue weighted by Crippen LogP contribution is 2.21. The van der Waals surface area contributed by atoms with Crippen molar-refractivity contribution in [3.8, 4) is 0 Å². The van der Waals surface area contributed by atoms with Gasteiger partial charge >= 0.3 is 18.6 Å². The molecular weight excluding hydrogens is 281 g/mol. The molecule has 2 heterocycles. The molecule has 0 aliphatic carbocycles. The maximum atomic E-state index is 12.0. The van der Waals surface area contributed by atoms with E-state index in [9.17, 15) is 22.0 Å². The van der Waals surface area contributed by atoms with E-state index >= 15 is 0 Å². The van der Waals surface area contributed by atoms with Gasteiger partial charge in [-0.25, -0.2) is 4.79 Å². The SMILES string of the molecule is FC(F)c1nc(C2CNC2)no1.O=C(O)C(F)(F)F. The van der Waals surface area contributed by atoms with Crippen molar-refractivity contribution in [1.29, 1.82) is 0 Å². The summed E-state index contributed by atoms with van der Waals surface area (Å²) in [6.07, 6.45) is -7.75. The summed E-state index contributed by atoms with van der Waals surface area (Å²) in [5.74, 6) is -2.82. The van der Waals surface area contributed by atoms with Crippen LogP contribution in [0.1, 0.15) is 24.1 Å². The molecule has 1 aliphatic heterocycles. The molecule has 0 saturated carbocycles. The van der Waals surface area contributed by atoms with E-state index < -0.39 is 24.5 Å². The van der Waals surface area contributed by atoms with E-state index in [0.717, 1.165) is 13.1 Å². The van der Waals surface area contributed by atoms with Crippen LogP contribution in [0.3, 0.4) is 0 Å². The second kappa shape index (κ2) is 5.91. The lowest BCUT2D eigenvalue weighted by atomic mass is 10.0. The van der Waals surface area contributed by atoms with Crippen LogP contribution >= 0.6 is 0 Å². The number of rotatable bonds is 2. The van der Waals surface area contributed by atoms with Gasteiger partial charge in [-0.3, -0.25) is 0 Å². The minimum absolute atomic E-state index is 0.140. The zero-order valence-corrected chi connectivity index (χ0v) is 9.12. The highest BCUT2D eigenvalue weighted by Gasteiger charge is 2.38. The quantitative estimate of drug-likeness (QED) is 0.798. The number of hydrogen-bond acceptors (Lipinski definition) is 5. The van der Waals surface area contributed by atoms with Gasteiger partial charge in [0.15, 0.2) is 5.82 Å². The van der Waals surface area contributed by atoms with E-state index in [0.29, 0.717) is 5.82 Å². The Bertz CT molecular complexity index is 430. The van der Waals surface area contributed by atoms with Gasteiger partial charge in [0.1, 0.15) is 0 Å². The van der Waals surface area contributed by atoms with Gasteiger partial charge in [0.05, 0.1) is 0 Å². The third kappa shape index (κ3) is 4.43. The number of nitrogens with one attached hydrogen (secondary N) is 1. The molecule has 2 rings (SSSR count). The average Bonchev–Trinajstić information content (AvgIpc) is 2.63. The number of carboxylic acids is 1. The highest BCUT2D eigenvalue weighted by molar-refractivity contribution is 5.73. The Morgan fingerprint density at radius 2 is 1.95 bits per heavy atom. The van der Waals surface area contributed by atoms with Crippen LogP contribution in [0.4, 0.5) is 22.0 Å². The highest BCUT2D eigenvalue weighted by atomic mass is 19.4. The van der Waals surface area contributed by atoms with Crippen molar-refractivity contribution in [3.05, 3.63) is 11.7 Å². The van der Waals surface area contributed by atoms with Gasteiger partial charge in [0, 0.05) is 19.0 Å². The Kier molecular flexibility index (Phi) is 4.75. The van der Waals surface area contributed by atoms with Crippen molar-refractivity contribution in [2.24, 2.45) is 0 Å². The smallest absolute Gasteiger partial charge is 0.475 e. The van der Waals surface area contributed by atoms with Gasteiger partial charge in [-0.05, 0) is 0 Å². The van der Waals surface area contributed by atoms with Crippen molar-refractivity contribution in [2.45, 2.75) is 18.5 Å². The van der Waals surface area contributed by atoms with Crippen molar-refractivity contribution in [3.63, 3.8) is 0 Å². The lowest BCUT2D eigenvalue weighted by molar-refractivity contribution is -0.192. The van der Waals surface area contributed by atoms with E-state index in [2.05, 4.69) is 20.0 Å². The molecule has 0 unspecified atom stereocenters. The molecule has 19 heavy (non-hydrogen) atoms. The van der Waals surface area contributed by atoms with Crippen molar-refractivity contribution < 1.29 is 36.4 Å². The van der Waals surface area contributed by atoms with E-state index in [1.165, 1.54) is 0 Å². The summed E-state index contributed by atoms with van der Waals surface area (Å²) in [5, 5.41) is 13.6. The zero-order valence-electron chi connectivity index (χ0n) is 9.12. The fourth-order valence-electron chi connectivity index (χ4n) is 0.973. The third-order valence-corrected chi connectivity index (χ3v) is 2.03. The standard InChI is InChI=1S/C6H7F2N3O.C2HF3O2/c7-4(8)6-10-5(11-12-6)3-1-9-2-3;3-2(4,5)1(6)7/h3-4,9H,1-2H2;(H,6,7). The maximum absolute atomic E-state index is 12.0. The number of aromatic nitrogens is 2. The first-order valence-electron chi connectivity index (χ1n) is 4.84. The van der Waals surface area contributed by atoms with Crippen LogP contribution in [-0.4, -0.2) is 40.5 Å². The van der Waals surface area contributed by atoms with E-state index in [-0.39, 0.29) is 5.92 Å². The predicted octanol–water partition coefficient (Wildman–Crippen LogP) is 1.33. The van der Waals surface area contributed by atoms with Crippen LogP contribution in [0, 0.1) is 0 Å². The summed E-state index contributed by atoms with van der Waals surface area (Å²) in [5.41, 5.74) is 0. The predicted molar refractivity (Wildman–Crippen MR) is 48.6 cm³/mol. The zero-order chi connectivity index (χ0) is 14.6. The Balaban J connectivity index is 0.000000224. The minimum atomic E-state index is -5.08. The lowest BCUT2D eigenvalue weighted by Crippen LogP contribution is -2.40. The van der Waals surface area contributed by atoms with Crippen molar-refractivity contribution >= 4 is 5.97 Å². The van der Waals surface area contributed by atoms with E-state index in [1.54, 1.807) is 0 Å². The molecular formula is C8H8F5N3O3. The molecule has 1 aliphatic rings. The van der Waals surface area contributed by atoms with E-state index in [4.69, 9.17) is 9.90 Å². The molecule has 1 aromatic heterocycles. The average molecular weight is 289 g/mol. The van der Waals surface area contributed by atoms with Crippen LogP contribution in [0.2, 0.25) is 0 Å². The lowest BCUT2D eigenvalue weighted by Gasteiger charge is -2.23. The van der Waals surface area contributed by atoms with Gasteiger partial charge in [0.25, 0.3) is 5.89 Å². The first kappa shape index (κ1) is 15.3. The summed E-state index contributed by atoms with van der Waals surface area (Å²) in [6, 6.07) is 0. The monoisotopic (exact) mass is 289 g/mol. The number of carbonyl (C=O) groups is 1. The van der Waals surface area contributed by atoms with Crippen molar-refractivity contribution in [1.82, 2.24) is 15.5 Å². The molecule has 0 bridgehead atoms. The molecule has 6 nitrogen and oxygen atoms in total. The molecule has 0 radical (unpaired) electrons. The van der Waals surface area contributed by atoms with Crippen molar-refractivity contribution in [2.75, 3.05) is 13.1 Å². The minimum Gasteiger partial charge on any atom is -0.475 e. The number of aliphatic carboxylic acids is 1. The molecule has 11 heteroatoms. The molecule has 0 spiro atoms. The fourth-order valence-corrected chi connectivity index (χ4v) is 0.973. The number of carboxylic acid groups (broad SMARTS) is 1. The van der Waals surface area contributed by atoms with Gasteiger partial charge < -0.3 is 14.9 Å². The van der Waals surface area contributed by atoms with Crippen LogP contribution < -0.4 is 5.32 Å². The largest absolute Gasteiger partial charge is 0.490 e. The number of nitrogens with zero attached hydrogens (tertiary/aromatic N) is 2. The third-order valence-electron chi connectivity index (χ3n) is 2.03. The van der Waals surface area contributed by atoms with Crippen LogP contribution in [0.25, 0.3) is 0 Å². The van der Waals surface area contributed by atoms with Crippen LogP contribution in [-0.2, 0) is 4.79 Å². The molecule has 0 aromatic carbocycles. The van der Waals surface area contributed by atoms with Crippen LogP contribution in [0.5, 0.6) is 0 Å². The second-order valence-electron chi connectivity index (χ2n) is 3.45. The Labute approximate surface area is 102 Å². The molecule has 0 atom stereocenters. The summed E-state index contributed by atoms with van der Waals surface area (Å²) in [6.45, 7) is 1.48. The summed E-state index contributed by atoms with van der Waals surface area (Å²) in [4.78, 5) is 12.5. The number of halogens is 5. The molecule has 2 N–H and O–H groups in total. The summed E-state index contributed by atoms with van der Waals surface area (Å²) < 4.78 is 60.0. The topological polar surface area (TPSA) is 88.3 Å². The molecule has 1 fully saturated rings. The Morgan fingerprint density at radius 3 is 2.21 bits per heavy atom. The maximum Gasteiger partial charge on any atom is 0.490 e. The van der Waals surface area contributed by atoms with E-state index in [1.807, 2.05) is 0 Å². The molecule has 0 amide bonds. The van der Waals surface area contributed by atoms with Gasteiger partial charge in [-0.1, -0.05) is 5.16 Å². The Hall–Kier alpha value is -1.78. The first-order valence-corrected chi connectivity index (χ1v) is 4.84. The molecule has 1 aromatic rings. The molecule has 108 valence electrons. The fraction of sp³-hybridized carbons (Fsp3) is 0.625. The van der Waals surface area contributed by atoms with Gasteiger partial charge in [-0.15, -0.1) is 0 Å². The second-order valence-corrected chi connectivity index (χ2v) is 3.45. The number of alkyl halides is 5. The Morgan fingerprint density at radius 1 is 1.42 bits per heavy atom. The molecule has 1 saturated heterocycles. The van der Waals surface area contributed by atoms with Gasteiger partial charge in [0.2, 0.25) is 0 Å².